The largest absolute Gasteiger partial charge is 0.342 e. The molecule has 0 atom stereocenters. The van der Waals surface area contributed by atoms with Crippen LogP contribution in [-0.2, 0) is 4.79 Å². The molecular formula is C14H23N3O. The van der Waals surface area contributed by atoms with Gasteiger partial charge in [-0.2, -0.15) is 0 Å². The van der Waals surface area contributed by atoms with Crippen LogP contribution in [0.5, 0.6) is 0 Å². The Bertz CT molecular complexity index is 377. The molecule has 1 saturated heterocycles. The van der Waals surface area contributed by atoms with Crippen molar-refractivity contribution >= 4 is 11.9 Å². The van der Waals surface area contributed by atoms with Gasteiger partial charge in [0.15, 0.2) is 5.96 Å². The van der Waals surface area contributed by atoms with Crippen molar-refractivity contribution in [1.29, 1.82) is 0 Å². The standard InChI is InChI=1S/C14H23N3O/c1-9(2)10-5-7-14(8-6-10)12(18)16-13(17-14)15-11-3-4-11/h9-11H,3-8H2,1-2H3,(H2,15,16,17,18). The second kappa shape index (κ2) is 4.25. The molecule has 2 N–H and O–H groups in total. The molecule has 4 heteroatoms. The van der Waals surface area contributed by atoms with Gasteiger partial charge in [-0.15, -0.1) is 0 Å². The SMILES string of the molecule is CC(C)C1CCC2(CC1)NC(=NC1CC1)NC2=O. The average Bonchev–Trinajstić information content (AvgIpc) is 3.08. The van der Waals surface area contributed by atoms with Crippen LogP contribution in [0.1, 0.15) is 52.4 Å². The fraction of sp³-hybridized carbons (Fsp3) is 0.857. The third kappa shape index (κ3) is 2.13. The van der Waals surface area contributed by atoms with Crippen LogP contribution in [0.15, 0.2) is 4.99 Å². The summed E-state index contributed by atoms with van der Waals surface area (Å²) in [5.74, 6) is 2.37. The van der Waals surface area contributed by atoms with Crippen LogP contribution in [0.2, 0.25) is 0 Å². The Morgan fingerprint density at radius 1 is 1.22 bits per heavy atom. The highest BCUT2D eigenvalue weighted by Gasteiger charge is 2.47. The van der Waals surface area contributed by atoms with Crippen molar-refractivity contribution in [2.75, 3.05) is 0 Å². The first-order valence-electron chi connectivity index (χ1n) is 7.26. The lowest BCUT2D eigenvalue weighted by Crippen LogP contribution is -2.49. The molecule has 18 heavy (non-hydrogen) atoms. The number of amides is 1. The molecule has 3 fully saturated rings. The van der Waals surface area contributed by atoms with E-state index in [0.29, 0.717) is 6.04 Å². The number of aliphatic imine (C=N–C) groups is 1. The third-order valence-electron chi connectivity index (χ3n) is 4.71. The van der Waals surface area contributed by atoms with Gasteiger partial charge in [0.1, 0.15) is 5.54 Å². The molecule has 3 aliphatic rings. The Morgan fingerprint density at radius 2 is 1.89 bits per heavy atom. The van der Waals surface area contributed by atoms with Gasteiger partial charge in [-0.05, 0) is 50.4 Å². The van der Waals surface area contributed by atoms with Crippen LogP contribution in [0.3, 0.4) is 0 Å². The summed E-state index contributed by atoms with van der Waals surface area (Å²) in [7, 11) is 0. The Kier molecular flexibility index (Phi) is 2.83. The van der Waals surface area contributed by atoms with Gasteiger partial charge in [-0.25, -0.2) is 4.99 Å². The van der Waals surface area contributed by atoms with Gasteiger partial charge in [0.05, 0.1) is 6.04 Å². The van der Waals surface area contributed by atoms with Gasteiger partial charge in [-0.1, -0.05) is 13.8 Å². The molecule has 1 heterocycles. The first kappa shape index (κ1) is 12.0. The molecule has 1 amide bonds. The van der Waals surface area contributed by atoms with Crippen molar-refractivity contribution in [3.63, 3.8) is 0 Å². The molecule has 100 valence electrons. The number of hydrogen-bond donors (Lipinski definition) is 2. The van der Waals surface area contributed by atoms with E-state index in [1.54, 1.807) is 0 Å². The lowest BCUT2D eigenvalue weighted by molar-refractivity contribution is -0.125. The van der Waals surface area contributed by atoms with Crippen LogP contribution in [0.25, 0.3) is 0 Å². The fourth-order valence-corrected chi connectivity index (χ4v) is 3.14. The lowest BCUT2D eigenvalue weighted by Gasteiger charge is -2.36. The normalized spacial score (nSPS) is 38.3. The maximum atomic E-state index is 12.2. The number of hydrogen-bond acceptors (Lipinski definition) is 2. The maximum absolute atomic E-state index is 12.2. The number of carbonyl (C=O) groups is 1. The summed E-state index contributed by atoms with van der Waals surface area (Å²) in [5.41, 5.74) is -0.348. The van der Waals surface area contributed by atoms with E-state index in [1.807, 2.05) is 0 Å². The highest BCUT2D eigenvalue weighted by atomic mass is 16.2. The first-order chi connectivity index (χ1) is 8.59. The van der Waals surface area contributed by atoms with Gasteiger partial charge < -0.3 is 5.32 Å². The van der Waals surface area contributed by atoms with E-state index in [0.717, 1.165) is 43.5 Å². The van der Waals surface area contributed by atoms with Crippen molar-refractivity contribution in [2.45, 2.75) is 64.0 Å². The highest BCUT2D eigenvalue weighted by molar-refractivity contribution is 6.09. The van der Waals surface area contributed by atoms with E-state index in [1.165, 1.54) is 12.8 Å². The second-order valence-electron chi connectivity index (χ2n) is 6.45. The number of nitrogens with zero attached hydrogens (tertiary/aromatic N) is 1. The molecule has 1 aliphatic heterocycles. The predicted molar refractivity (Wildman–Crippen MR) is 71.3 cm³/mol. The molecule has 0 unspecified atom stereocenters. The van der Waals surface area contributed by atoms with Crippen molar-refractivity contribution in [3.05, 3.63) is 0 Å². The van der Waals surface area contributed by atoms with E-state index < -0.39 is 0 Å². The van der Waals surface area contributed by atoms with Crippen LogP contribution in [0, 0.1) is 11.8 Å². The quantitative estimate of drug-likeness (QED) is 0.784. The van der Waals surface area contributed by atoms with Crippen molar-refractivity contribution < 1.29 is 4.79 Å². The molecule has 0 aromatic carbocycles. The second-order valence-corrected chi connectivity index (χ2v) is 6.45. The highest BCUT2D eigenvalue weighted by Crippen LogP contribution is 2.37. The van der Waals surface area contributed by atoms with E-state index in [2.05, 4.69) is 29.5 Å². The van der Waals surface area contributed by atoms with Gasteiger partial charge in [0.25, 0.3) is 5.91 Å². The summed E-state index contributed by atoms with van der Waals surface area (Å²) in [5, 5.41) is 6.31. The van der Waals surface area contributed by atoms with Crippen molar-refractivity contribution in [3.8, 4) is 0 Å². The Labute approximate surface area is 109 Å². The number of nitrogens with one attached hydrogen (secondary N) is 2. The minimum Gasteiger partial charge on any atom is -0.342 e. The van der Waals surface area contributed by atoms with E-state index >= 15 is 0 Å². The molecule has 0 radical (unpaired) electrons. The van der Waals surface area contributed by atoms with Gasteiger partial charge in [0, 0.05) is 0 Å². The Morgan fingerprint density at radius 3 is 2.44 bits per heavy atom. The van der Waals surface area contributed by atoms with E-state index in [9.17, 15) is 4.79 Å². The summed E-state index contributed by atoms with van der Waals surface area (Å²) < 4.78 is 0. The molecule has 1 spiro atoms. The minimum absolute atomic E-state index is 0.143. The Hall–Kier alpha value is -1.06. The van der Waals surface area contributed by atoms with Crippen LogP contribution >= 0.6 is 0 Å². The molecule has 0 bridgehead atoms. The van der Waals surface area contributed by atoms with E-state index in [4.69, 9.17) is 0 Å². The molecule has 4 nitrogen and oxygen atoms in total. The topological polar surface area (TPSA) is 53.5 Å². The molecule has 2 saturated carbocycles. The summed E-state index contributed by atoms with van der Waals surface area (Å²) in [4.78, 5) is 16.7. The van der Waals surface area contributed by atoms with Crippen LogP contribution in [0.4, 0.5) is 0 Å². The lowest BCUT2D eigenvalue weighted by atomic mass is 9.73. The molecular weight excluding hydrogens is 226 g/mol. The molecule has 3 rings (SSSR count). The first-order valence-corrected chi connectivity index (χ1v) is 7.26. The zero-order valence-corrected chi connectivity index (χ0v) is 11.3. The van der Waals surface area contributed by atoms with Crippen molar-refractivity contribution in [2.24, 2.45) is 16.8 Å². The number of guanidine groups is 1. The Balaban J connectivity index is 1.67. The summed E-state index contributed by atoms with van der Waals surface area (Å²) in [6.07, 6.45) is 6.53. The maximum Gasteiger partial charge on any atom is 0.252 e. The summed E-state index contributed by atoms with van der Waals surface area (Å²) in [6.45, 7) is 4.57. The molecule has 0 aromatic rings. The zero-order valence-electron chi connectivity index (χ0n) is 11.3. The molecule has 0 aromatic heterocycles. The van der Waals surface area contributed by atoms with Gasteiger partial charge >= 0.3 is 0 Å². The minimum atomic E-state index is -0.348. The number of rotatable bonds is 2. The van der Waals surface area contributed by atoms with Crippen LogP contribution in [-0.4, -0.2) is 23.4 Å². The summed E-state index contributed by atoms with van der Waals surface area (Å²) >= 11 is 0. The van der Waals surface area contributed by atoms with Crippen LogP contribution < -0.4 is 10.6 Å². The smallest absolute Gasteiger partial charge is 0.252 e. The fourth-order valence-electron chi connectivity index (χ4n) is 3.14. The predicted octanol–water partition coefficient (Wildman–Crippen LogP) is 1.81. The monoisotopic (exact) mass is 249 g/mol. The number of carbonyl (C=O) groups excluding carboxylic acids is 1. The molecule has 2 aliphatic carbocycles. The third-order valence-corrected chi connectivity index (χ3v) is 4.71. The van der Waals surface area contributed by atoms with Gasteiger partial charge in [0.2, 0.25) is 0 Å². The summed E-state index contributed by atoms with van der Waals surface area (Å²) in [6, 6.07) is 0.454. The van der Waals surface area contributed by atoms with E-state index in [-0.39, 0.29) is 11.4 Å². The zero-order chi connectivity index (χ0) is 12.8. The van der Waals surface area contributed by atoms with Gasteiger partial charge in [-0.3, -0.25) is 10.1 Å². The average molecular weight is 249 g/mol. The van der Waals surface area contributed by atoms with Crippen molar-refractivity contribution in [1.82, 2.24) is 10.6 Å².